The van der Waals surface area contributed by atoms with Gasteiger partial charge in [0.1, 0.15) is 9.84 Å². The number of carbonyl (C=O) groups excluding carboxylic acids is 1. The van der Waals surface area contributed by atoms with Crippen molar-refractivity contribution in [1.29, 1.82) is 0 Å². The summed E-state index contributed by atoms with van der Waals surface area (Å²) in [5.74, 6) is -0.335. The largest absolute Gasteiger partial charge is 0.326 e. The first-order valence-electron chi connectivity index (χ1n) is 6.54. The number of aryl methyl sites for hydroxylation is 1. The van der Waals surface area contributed by atoms with Crippen molar-refractivity contribution >= 4 is 21.4 Å². The normalized spacial score (nSPS) is 14.8. The summed E-state index contributed by atoms with van der Waals surface area (Å²) in [6, 6.07) is 5.93. The maximum absolute atomic E-state index is 11.8. The SMILES string of the molecule is CS(=O)(=O)CCC(=O)Nc1cccc2c1CCCC2. The van der Waals surface area contributed by atoms with E-state index in [4.69, 9.17) is 0 Å². The molecule has 5 heteroatoms. The van der Waals surface area contributed by atoms with Crippen LogP contribution in [0.3, 0.4) is 0 Å². The summed E-state index contributed by atoms with van der Waals surface area (Å²) in [7, 11) is -3.09. The molecular weight excluding hydrogens is 262 g/mol. The number of hydrogen-bond acceptors (Lipinski definition) is 3. The Morgan fingerprint density at radius 1 is 1.26 bits per heavy atom. The Morgan fingerprint density at radius 2 is 2.00 bits per heavy atom. The van der Waals surface area contributed by atoms with E-state index in [0.29, 0.717) is 0 Å². The number of carbonyl (C=O) groups is 1. The second-order valence-corrected chi connectivity index (χ2v) is 7.34. The number of hydrogen-bond donors (Lipinski definition) is 1. The molecule has 19 heavy (non-hydrogen) atoms. The summed E-state index contributed by atoms with van der Waals surface area (Å²) in [4.78, 5) is 11.8. The van der Waals surface area contributed by atoms with Crippen LogP contribution in [0, 0.1) is 0 Å². The smallest absolute Gasteiger partial charge is 0.225 e. The van der Waals surface area contributed by atoms with Crippen molar-refractivity contribution in [2.24, 2.45) is 0 Å². The third-order valence-corrected chi connectivity index (χ3v) is 4.32. The zero-order chi connectivity index (χ0) is 13.9. The Hall–Kier alpha value is -1.36. The van der Waals surface area contributed by atoms with Crippen LogP contribution < -0.4 is 5.32 Å². The lowest BCUT2D eigenvalue weighted by atomic mass is 9.90. The Balaban J connectivity index is 2.05. The molecule has 1 aromatic carbocycles. The van der Waals surface area contributed by atoms with Gasteiger partial charge < -0.3 is 5.32 Å². The lowest BCUT2D eigenvalue weighted by molar-refractivity contribution is -0.115. The van der Waals surface area contributed by atoms with Gasteiger partial charge in [0, 0.05) is 18.4 Å². The molecular formula is C14H19NO3S. The van der Waals surface area contributed by atoms with E-state index in [1.165, 1.54) is 17.5 Å². The quantitative estimate of drug-likeness (QED) is 0.917. The maximum atomic E-state index is 11.8. The molecule has 1 amide bonds. The third kappa shape index (κ3) is 4.06. The van der Waals surface area contributed by atoms with E-state index in [0.717, 1.165) is 31.2 Å². The molecule has 4 nitrogen and oxygen atoms in total. The minimum Gasteiger partial charge on any atom is -0.326 e. The average molecular weight is 281 g/mol. The van der Waals surface area contributed by atoms with Crippen LogP contribution in [0.4, 0.5) is 5.69 Å². The summed E-state index contributed by atoms with van der Waals surface area (Å²) in [5, 5.41) is 2.84. The minimum absolute atomic E-state index is 0.0164. The van der Waals surface area contributed by atoms with Crippen molar-refractivity contribution in [2.45, 2.75) is 32.1 Å². The van der Waals surface area contributed by atoms with Gasteiger partial charge in [0.25, 0.3) is 0 Å². The fraction of sp³-hybridized carbons (Fsp3) is 0.500. The fourth-order valence-corrected chi connectivity index (χ4v) is 2.95. The zero-order valence-electron chi connectivity index (χ0n) is 11.1. The Labute approximate surface area is 114 Å². The highest BCUT2D eigenvalue weighted by Crippen LogP contribution is 2.27. The lowest BCUT2D eigenvalue weighted by Gasteiger charge is -2.19. The van der Waals surface area contributed by atoms with Gasteiger partial charge in [-0.25, -0.2) is 8.42 Å². The first-order chi connectivity index (χ1) is 8.96. The van der Waals surface area contributed by atoms with Gasteiger partial charge >= 0.3 is 0 Å². The van der Waals surface area contributed by atoms with Crippen molar-refractivity contribution in [3.63, 3.8) is 0 Å². The van der Waals surface area contributed by atoms with Crippen molar-refractivity contribution in [3.05, 3.63) is 29.3 Å². The summed E-state index contributed by atoms with van der Waals surface area (Å²) >= 11 is 0. The van der Waals surface area contributed by atoms with Gasteiger partial charge in [0.2, 0.25) is 5.91 Å². The molecule has 0 bridgehead atoms. The number of fused-ring (bicyclic) bond motifs is 1. The van der Waals surface area contributed by atoms with E-state index in [9.17, 15) is 13.2 Å². The maximum Gasteiger partial charge on any atom is 0.225 e. The van der Waals surface area contributed by atoms with Crippen molar-refractivity contribution in [1.82, 2.24) is 0 Å². The summed E-state index contributed by atoms with van der Waals surface area (Å²) < 4.78 is 22.1. The topological polar surface area (TPSA) is 63.2 Å². The molecule has 0 fully saturated rings. The van der Waals surface area contributed by atoms with Gasteiger partial charge in [-0.15, -0.1) is 0 Å². The second-order valence-electron chi connectivity index (χ2n) is 5.08. The van der Waals surface area contributed by atoms with Crippen molar-refractivity contribution < 1.29 is 13.2 Å². The van der Waals surface area contributed by atoms with Crippen LogP contribution in [0.15, 0.2) is 18.2 Å². The molecule has 1 aromatic rings. The Kier molecular flexibility index (Phi) is 4.24. The zero-order valence-corrected chi connectivity index (χ0v) is 11.9. The molecule has 1 aliphatic rings. The summed E-state index contributed by atoms with van der Waals surface area (Å²) in [6.07, 6.45) is 5.54. The molecule has 0 saturated heterocycles. The van der Waals surface area contributed by atoms with Gasteiger partial charge in [-0.1, -0.05) is 12.1 Å². The van der Waals surface area contributed by atoms with Crippen molar-refractivity contribution in [2.75, 3.05) is 17.3 Å². The number of rotatable bonds is 4. The molecule has 0 atom stereocenters. The van der Waals surface area contributed by atoms with Gasteiger partial charge in [-0.2, -0.15) is 0 Å². The number of anilines is 1. The highest BCUT2D eigenvalue weighted by molar-refractivity contribution is 7.90. The molecule has 0 spiro atoms. The standard InChI is InChI=1S/C14H19NO3S/c1-19(17,18)10-9-14(16)15-13-8-4-6-11-5-2-3-7-12(11)13/h4,6,8H,2-3,5,7,9-10H2,1H3,(H,15,16). The van der Waals surface area contributed by atoms with E-state index in [2.05, 4.69) is 11.4 Å². The van der Waals surface area contributed by atoms with Crippen LogP contribution in [0.2, 0.25) is 0 Å². The van der Waals surface area contributed by atoms with E-state index in [1.807, 2.05) is 12.1 Å². The number of sulfone groups is 1. The number of nitrogens with one attached hydrogen (secondary N) is 1. The molecule has 0 heterocycles. The second kappa shape index (κ2) is 5.74. The first kappa shape index (κ1) is 14.1. The van der Waals surface area contributed by atoms with E-state index in [1.54, 1.807) is 0 Å². The van der Waals surface area contributed by atoms with Crippen LogP contribution >= 0.6 is 0 Å². The van der Waals surface area contributed by atoms with Crippen LogP contribution in [0.5, 0.6) is 0 Å². The average Bonchev–Trinajstić information content (AvgIpc) is 2.36. The molecule has 2 rings (SSSR count). The van der Waals surface area contributed by atoms with Gasteiger partial charge in [-0.3, -0.25) is 4.79 Å². The van der Waals surface area contributed by atoms with Crippen LogP contribution in [0.1, 0.15) is 30.4 Å². The molecule has 0 radical (unpaired) electrons. The molecule has 0 aliphatic heterocycles. The van der Waals surface area contributed by atoms with Gasteiger partial charge in [0.15, 0.2) is 0 Å². The van der Waals surface area contributed by atoms with Crippen LogP contribution in [-0.4, -0.2) is 26.3 Å². The fourth-order valence-electron chi connectivity index (χ4n) is 2.39. The molecule has 1 N–H and O–H groups in total. The number of benzene rings is 1. The summed E-state index contributed by atoms with van der Waals surface area (Å²) in [6.45, 7) is 0. The summed E-state index contributed by atoms with van der Waals surface area (Å²) in [5.41, 5.74) is 3.35. The predicted molar refractivity (Wildman–Crippen MR) is 76.0 cm³/mol. The van der Waals surface area contributed by atoms with Crippen LogP contribution in [0.25, 0.3) is 0 Å². The highest BCUT2D eigenvalue weighted by Gasteiger charge is 2.15. The van der Waals surface area contributed by atoms with Gasteiger partial charge in [-0.05, 0) is 42.9 Å². The first-order valence-corrected chi connectivity index (χ1v) is 8.60. The molecule has 1 aliphatic carbocycles. The Morgan fingerprint density at radius 3 is 2.74 bits per heavy atom. The third-order valence-electron chi connectivity index (χ3n) is 3.37. The lowest BCUT2D eigenvalue weighted by Crippen LogP contribution is -2.18. The van der Waals surface area contributed by atoms with E-state index < -0.39 is 9.84 Å². The Bertz CT molecular complexity index is 578. The molecule has 0 aromatic heterocycles. The molecule has 0 saturated carbocycles. The number of amides is 1. The highest BCUT2D eigenvalue weighted by atomic mass is 32.2. The molecule has 104 valence electrons. The minimum atomic E-state index is -3.09. The molecule has 0 unspecified atom stereocenters. The predicted octanol–water partition coefficient (Wildman–Crippen LogP) is 1.94. The van der Waals surface area contributed by atoms with Crippen molar-refractivity contribution in [3.8, 4) is 0 Å². The van der Waals surface area contributed by atoms with Gasteiger partial charge in [0.05, 0.1) is 5.75 Å². The van der Waals surface area contributed by atoms with Crippen LogP contribution in [-0.2, 0) is 27.5 Å². The monoisotopic (exact) mass is 281 g/mol. The van der Waals surface area contributed by atoms with E-state index in [-0.39, 0.29) is 18.1 Å². The van der Waals surface area contributed by atoms with E-state index >= 15 is 0 Å².